The van der Waals surface area contributed by atoms with Gasteiger partial charge in [-0.2, -0.15) is 0 Å². The third-order valence-corrected chi connectivity index (χ3v) is 8.56. The first-order valence-corrected chi connectivity index (χ1v) is 15.8. The highest BCUT2D eigenvalue weighted by molar-refractivity contribution is 7.92. The summed E-state index contributed by atoms with van der Waals surface area (Å²) in [6, 6.07) is 13.5. The Morgan fingerprint density at radius 3 is 2.26 bits per heavy atom. The standard InChI is InChI=1S/C29H40ClN3O5S/c1-4-27(29(35)31-24-9-6-5-7-10-24)32(21-22-12-14-23(30)15-13-22)28(34)11-8-20-33(39(3,36)37)25-16-18-26(38-2)19-17-25/h12-19,24,27H,4-11,20-21H2,1-3H3,(H,31,35)/t27-/m1/s1. The molecule has 0 unspecified atom stereocenters. The Bertz CT molecular complexity index is 1180. The number of carbonyl (C=O) groups excluding carboxylic acids is 2. The van der Waals surface area contributed by atoms with Gasteiger partial charge in [0.05, 0.1) is 19.1 Å². The zero-order chi connectivity index (χ0) is 28.4. The summed E-state index contributed by atoms with van der Waals surface area (Å²) in [5, 5.41) is 3.77. The van der Waals surface area contributed by atoms with Crippen molar-refractivity contribution in [1.29, 1.82) is 0 Å². The number of amides is 2. The molecule has 1 N–H and O–H groups in total. The van der Waals surface area contributed by atoms with Crippen LogP contribution in [0.4, 0.5) is 5.69 Å². The molecule has 0 saturated heterocycles. The Balaban J connectivity index is 1.74. The van der Waals surface area contributed by atoms with E-state index in [0.717, 1.165) is 37.5 Å². The third kappa shape index (κ3) is 9.14. The molecule has 0 spiro atoms. The Morgan fingerprint density at radius 1 is 1.05 bits per heavy atom. The molecule has 1 saturated carbocycles. The van der Waals surface area contributed by atoms with E-state index in [1.165, 1.54) is 10.7 Å². The molecule has 0 radical (unpaired) electrons. The van der Waals surface area contributed by atoms with E-state index in [4.69, 9.17) is 16.3 Å². The van der Waals surface area contributed by atoms with Gasteiger partial charge in [0.25, 0.3) is 0 Å². The fourth-order valence-electron chi connectivity index (χ4n) is 5.00. The predicted molar refractivity (Wildman–Crippen MR) is 156 cm³/mol. The number of rotatable bonds is 13. The quantitative estimate of drug-likeness (QED) is 0.355. The van der Waals surface area contributed by atoms with Crippen LogP contribution in [-0.4, -0.2) is 57.1 Å². The fourth-order valence-corrected chi connectivity index (χ4v) is 6.09. The summed E-state index contributed by atoms with van der Waals surface area (Å²) in [5.41, 5.74) is 1.37. The number of carbonyl (C=O) groups is 2. The van der Waals surface area contributed by atoms with E-state index in [1.807, 2.05) is 19.1 Å². The van der Waals surface area contributed by atoms with Gasteiger partial charge in [-0.25, -0.2) is 8.42 Å². The van der Waals surface area contributed by atoms with Crippen molar-refractivity contribution < 1.29 is 22.7 Å². The summed E-state index contributed by atoms with van der Waals surface area (Å²) >= 11 is 6.06. The largest absolute Gasteiger partial charge is 0.497 e. The SMILES string of the molecule is CC[C@H](C(=O)NC1CCCCC1)N(Cc1ccc(Cl)cc1)C(=O)CCCN(c1ccc(OC)cc1)S(C)(=O)=O. The topological polar surface area (TPSA) is 96.0 Å². The van der Waals surface area contributed by atoms with Crippen LogP contribution in [0.5, 0.6) is 5.75 Å². The van der Waals surface area contributed by atoms with Crippen LogP contribution in [0.3, 0.4) is 0 Å². The number of hydrogen-bond donors (Lipinski definition) is 1. The van der Waals surface area contributed by atoms with Gasteiger partial charge in [0, 0.05) is 30.6 Å². The summed E-state index contributed by atoms with van der Waals surface area (Å²) < 4.78 is 31.5. The average molecular weight is 578 g/mol. The number of hydrogen-bond acceptors (Lipinski definition) is 5. The molecule has 0 aromatic heterocycles. The van der Waals surface area contributed by atoms with E-state index in [1.54, 1.807) is 48.4 Å². The van der Waals surface area contributed by atoms with E-state index in [0.29, 0.717) is 29.3 Å². The maximum atomic E-state index is 13.6. The van der Waals surface area contributed by atoms with Crippen LogP contribution >= 0.6 is 11.6 Å². The van der Waals surface area contributed by atoms with Crippen molar-refractivity contribution in [3.63, 3.8) is 0 Å². The summed E-state index contributed by atoms with van der Waals surface area (Å²) in [4.78, 5) is 28.6. The highest BCUT2D eigenvalue weighted by atomic mass is 35.5. The van der Waals surface area contributed by atoms with Crippen molar-refractivity contribution in [1.82, 2.24) is 10.2 Å². The van der Waals surface area contributed by atoms with Crippen LogP contribution in [0.1, 0.15) is 63.9 Å². The van der Waals surface area contributed by atoms with Gasteiger partial charge in [-0.1, -0.05) is 49.9 Å². The first kappa shape index (κ1) is 30.8. The lowest BCUT2D eigenvalue weighted by Crippen LogP contribution is -2.51. The molecule has 2 amide bonds. The number of anilines is 1. The van der Waals surface area contributed by atoms with Crippen LogP contribution in [0, 0.1) is 0 Å². The molecular formula is C29H40ClN3O5S. The normalized spacial score (nSPS) is 14.9. The monoisotopic (exact) mass is 577 g/mol. The minimum atomic E-state index is -3.57. The molecular weight excluding hydrogens is 538 g/mol. The molecule has 0 heterocycles. The molecule has 1 aliphatic carbocycles. The van der Waals surface area contributed by atoms with Gasteiger partial charge in [-0.05, 0) is 67.6 Å². The van der Waals surface area contributed by atoms with E-state index >= 15 is 0 Å². The first-order valence-electron chi connectivity index (χ1n) is 13.6. The molecule has 1 aliphatic rings. The van der Waals surface area contributed by atoms with Gasteiger partial charge in [0.1, 0.15) is 11.8 Å². The average Bonchev–Trinajstić information content (AvgIpc) is 2.92. The zero-order valence-corrected chi connectivity index (χ0v) is 24.6. The number of sulfonamides is 1. The van der Waals surface area contributed by atoms with E-state index in [-0.39, 0.29) is 37.4 Å². The number of nitrogens with one attached hydrogen (secondary N) is 1. The van der Waals surface area contributed by atoms with Crippen LogP contribution < -0.4 is 14.4 Å². The van der Waals surface area contributed by atoms with Crippen molar-refractivity contribution in [2.45, 2.75) is 76.9 Å². The molecule has 39 heavy (non-hydrogen) atoms. The summed E-state index contributed by atoms with van der Waals surface area (Å²) in [6.45, 7) is 2.31. The van der Waals surface area contributed by atoms with E-state index in [2.05, 4.69) is 5.32 Å². The van der Waals surface area contributed by atoms with Crippen molar-refractivity contribution in [2.75, 3.05) is 24.2 Å². The van der Waals surface area contributed by atoms with E-state index in [9.17, 15) is 18.0 Å². The summed E-state index contributed by atoms with van der Waals surface area (Å²) in [6.07, 6.45) is 7.32. The Morgan fingerprint density at radius 2 is 1.69 bits per heavy atom. The number of halogens is 1. The smallest absolute Gasteiger partial charge is 0.243 e. The zero-order valence-electron chi connectivity index (χ0n) is 23.1. The minimum absolute atomic E-state index is 0.100. The highest BCUT2D eigenvalue weighted by Crippen LogP contribution is 2.23. The molecule has 10 heteroatoms. The third-order valence-electron chi connectivity index (χ3n) is 7.12. The Kier molecular flexibility index (Phi) is 11.5. The highest BCUT2D eigenvalue weighted by Gasteiger charge is 2.30. The lowest BCUT2D eigenvalue weighted by atomic mass is 9.95. The predicted octanol–water partition coefficient (Wildman–Crippen LogP) is 5.15. The number of methoxy groups -OCH3 is 1. The minimum Gasteiger partial charge on any atom is -0.497 e. The van der Waals surface area contributed by atoms with Crippen LogP contribution in [0.25, 0.3) is 0 Å². The second-order valence-electron chi connectivity index (χ2n) is 10.1. The molecule has 1 fully saturated rings. The first-order chi connectivity index (χ1) is 18.6. The Hall–Kier alpha value is -2.78. The lowest BCUT2D eigenvalue weighted by molar-refractivity contribution is -0.141. The molecule has 2 aromatic carbocycles. The summed E-state index contributed by atoms with van der Waals surface area (Å²) in [7, 11) is -2.02. The van der Waals surface area contributed by atoms with Gasteiger partial charge >= 0.3 is 0 Å². The van der Waals surface area contributed by atoms with Gasteiger partial charge in [-0.3, -0.25) is 13.9 Å². The second-order valence-corrected chi connectivity index (χ2v) is 12.4. The maximum absolute atomic E-state index is 13.6. The molecule has 3 rings (SSSR count). The number of nitrogens with zero attached hydrogens (tertiary/aromatic N) is 2. The number of benzene rings is 2. The molecule has 2 aromatic rings. The van der Waals surface area contributed by atoms with Crippen LogP contribution in [0.2, 0.25) is 5.02 Å². The fraction of sp³-hybridized carbons (Fsp3) is 0.517. The second kappa shape index (κ2) is 14.6. The molecule has 8 nitrogen and oxygen atoms in total. The van der Waals surface area contributed by atoms with Gasteiger partial charge < -0.3 is 15.0 Å². The maximum Gasteiger partial charge on any atom is 0.243 e. The van der Waals surface area contributed by atoms with Crippen molar-refractivity contribution in [3.8, 4) is 5.75 Å². The van der Waals surface area contributed by atoms with Crippen molar-refractivity contribution in [2.24, 2.45) is 0 Å². The van der Waals surface area contributed by atoms with Gasteiger partial charge in [0.2, 0.25) is 21.8 Å². The van der Waals surface area contributed by atoms with Crippen molar-refractivity contribution >= 4 is 39.1 Å². The lowest BCUT2D eigenvalue weighted by Gasteiger charge is -2.33. The van der Waals surface area contributed by atoms with Crippen molar-refractivity contribution in [3.05, 3.63) is 59.1 Å². The summed E-state index contributed by atoms with van der Waals surface area (Å²) in [5.74, 6) is 0.291. The number of ether oxygens (including phenoxy) is 1. The van der Waals surface area contributed by atoms with E-state index < -0.39 is 16.1 Å². The molecule has 0 aliphatic heterocycles. The molecule has 0 bridgehead atoms. The Labute approximate surface area is 237 Å². The van der Waals surface area contributed by atoms with Crippen LogP contribution in [-0.2, 0) is 26.2 Å². The van der Waals surface area contributed by atoms with Gasteiger partial charge in [0.15, 0.2) is 0 Å². The molecule has 214 valence electrons. The van der Waals surface area contributed by atoms with Gasteiger partial charge in [-0.15, -0.1) is 0 Å². The van der Waals surface area contributed by atoms with Crippen LogP contribution in [0.15, 0.2) is 48.5 Å². The molecule has 1 atom stereocenters.